The second kappa shape index (κ2) is 7.16. The summed E-state index contributed by atoms with van der Waals surface area (Å²) in [6.07, 6.45) is -0.988. The summed E-state index contributed by atoms with van der Waals surface area (Å²) in [4.78, 5) is 33.8. The van der Waals surface area contributed by atoms with E-state index < -0.39 is 24.0 Å². The second-order valence-electron chi connectivity index (χ2n) is 7.21. The standard InChI is InChI=1S/C23H17ClN2O4/c24-14-10-12-15(13-11-14)25-22(28)19-20(17-8-4-5-9-18(17)27)26(30-21(19)23(25)29)16-6-2-1-3-7-16/h1-13,19-21,27H/t19-,20+,21+/m0/s1. The van der Waals surface area contributed by atoms with Gasteiger partial charge in [-0.15, -0.1) is 0 Å². The molecule has 30 heavy (non-hydrogen) atoms. The monoisotopic (exact) mass is 420 g/mol. The minimum Gasteiger partial charge on any atom is -0.508 e. The molecule has 0 unspecified atom stereocenters. The van der Waals surface area contributed by atoms with E-state index in [9.17, 15) is 14.7 Å². The van der Waals surface area contributed by atoms with Crippen LogP contribution in [0.4, 0.5) is 11.4 Å². The molecule has 3 atom stereocenters. The van der Waals surface area contributed by atoms with E-state index in [2.05, 4.69) is 0 Å². The van der Waals surface area contributed by atoms with Crippen molar-refractivity contribution in [3.63, 3.8) is 0 Å². The van der Waals surface area contributed by atoms with Crippen molar-refractivity contribution in [2.75, 3.05) is 9.96 Å². The molecular formula is C23H17ClN2O4. The summed E-state index contributed by atoms with van der Waals surface area (Å²) >= 11 is 5.95. The largest absolute Gasteiger partial charge is 0.508 e. The molecule has 0 spiro atoms. The lowest BCUT2D eigenvalue weighted by Gasteiger charge is -2.29. The number of rotatable bonds is 3. The van der Waals surface area contributed by atoms with Gasteiger partial charge in [0.05, 0.1) is 17.4 Å². The molecule has 0 saturated carbocycles. The van der Waals surface area contributed by atoms with E-state index in [1.54, 1.807) is 53.6 Å². The molecular weight excluding hydrogens is 404 g/mol. The Hall–Kier alpha value is -3.35. The fourth-order valence-corrected chi connectivity index (χ4v) is 4.24. The van der Waals surface area contributed by atoms with Gasteiger partial charge < -0.3 is 5.11 Å². The Morgan fingerprint density at radius 2 is 1.47 bits per heavy atom. The maximum absolute atomic E-state index is 13.4. The van der Waals surface area contributed by atoms with E-state index in [4.69, 9.17) is 16.4 Å². The molecule has 2 aliphatic rings. The molecule has 0 aromatic heterocycles. The van der Waals surface area contributed by atoms with Crippen molar-refractivity contribution >= 4 is 34.8 Å². The van der Waals surface area contributed by atoms with E-state index in [1.807, 2.05) is 30.3 Å². The van der Waals surface area contributed by atoms with Gasteiger partial charge in [0.1, 0.15) is 11.7 Å². The highest BCUT2D eigenvalue weighted by molar-refractivity contribution is 6.31. The number of anilines is 2. The van der Waals surface area contributed by atoms with E-state index in [0.29, 0.717) is 22.0 Å². The topological polar surface area (TPSA) is 70.1 Å². The Balaban J connectivity index is 1.60. The average molecular weight is 421 g/mol. The van der Waals surface area contributed by atoms with Gasteiger partial charge in [-0.2, -0.15) is 0 Å². The lowest BCUT2D eigenvalue weighted by Crippen LogP contribution is -2.37. The third-order valence-electron chi connectivity index (χ3n) is 5.47. The molecule has 2 saturated heterocycles. The minimum absolute atomic E-state index is 0.0397. The third-order valence-corrected chi connectivity index (χ3v) is 5.72. The molecule has 0 bridgehead atoms. The number of carbonyl (C=O) groups is 2. The Kier molecular flexibility index (Phi) is 4.46. The first kappa shape index (κ1) is 18.7. The van der Waals surface area contributed by atoms with Gasteiger partial charge >= 0.3 is 0 Å². The molecule has 2 aliphatic heterocycles. The van der Waals surface area contributed by atoms with Gasteiger partial charge in [-0.25, -0.2) is 9.96 Å². The quantitative estimate of drug-likeness (QED) is 0.646. The highest BCUT2D eigenvalue weighted by atomic mass is 35.5. The first-order chi connectivity index (χ1) is 14.6. The summed E-state index contributed by atoms with van der Waals surface area (Å²) in [5.41, 5.74) is 1.65. The number of phenols is 1. The van der Waals surface area contributed by atoms with Crippen LogP contribution in [0.15, 0.2) is 78.9 Å². The molecule has 2 fully saturated rings. The number of nitrogens with zero attached hydrogens (tertiary/aromatic N) is 2. The van der Waals surface area contributed by atoms with Gasteiger partial charge in [-0.1, -0.05) is 48.0 Å². The molecule has 3 aromatic rings. The summed E-state index contributed by atoms with van der Waals surface area (Å²) in [5, 5.41) is 12.6. The molecule has 6 nitrogen and oxygen atoms in total. The molecule has 7 heteroatoms. The number of carbonyl (C=O) groups excluding carboxylic acids is 2. The lowest BCUT2D eigenvalue weighted by molar-refractivity contribution is -0.126. The summed E-state index contributed by atoms with van der Waals surface area (Å²) in [6, 6.07) is 21.9. The van der Waals surface area contributed by atoms with Crippen LogP contribution in [0.3, 0.4) is 0 Å². The summed E-state index contributed by atoms with van der Waals surface area (Å²) < 4.78 is 0. The molecule has 150 valence electrons. The maximum atomic E-state index is 13.4. The average Bonchev–Trinajstić information content (AvgIpc) is 3.26. The van der Waals surface area contributed by atoms with Crippen molar-refractivity contribution in [1.82, 2.24) is 0 Å². The number of hydroxylamine groups is 1. The van der Waals surface area contributed by atoms with Crippen molar-refractivity contribution in [3.05, 3.63) is 89.4 Å². The van der Waals surface area contributed by atoms with Crippen LogP contribution in [-0.2, 0) is 14.4 Å². The number of phenolic OH excluding ortho intramolecular Hbond substituents is 1. The number of hydrogen-bond donors (Lipinski definition) is 1. The Labute approximate surface area is 177 Å². The van der Waals surface area contributed by atoms with Crippen molar-refractivity contribution in [3.8, 4) is 5.75 Å². The van der Waals surface area contributed by atoms with Crippen molar-refractivity contribution in [2.24, 2.45) is 5.92 Å². The van der Waals surface area contributed by atoms with E-state index in [1.165, 1.54) is 0 Å². The normalized spacial score (nSPS) is 23.2. The van der Waals surface area contributed by atoms with Crippen molar-refractivity contribution in [1.29, 1.82) is 0 Å². The van der Waals surface area contributed by atoms with Gasteiger partial charge in [-0.3, -0.25) is 14.4 Å². The molecule has 2 amide bonds. The highest BCUT2D eigenvalue weighted by Crippen LogP contribution is 2.49. The van der Waals surface area contributed by atoms with Crippen molar-refractivity contribution in [2.45, 2.75) is 12.1 Å². The Bertz CT molecular complexity index is 1120. The van der Waals surface area contributed by atoms with Crippen LogP contribution in [0.2, 0.25) is 5.02 Å². The molecule has 3 aromatic carbocycles. The zero-order chi connectivity index (χ0) is 20.8. The molecule has 1 N–H and O–H groups in total. The minimum atomic E-state index is -0.988. The summed E-state index contributed by atoms with van der Waals surface area (Å²) in [5.74, 6) is -1.58. The lowest BCUT2D eigenvalue weighted by atomic mass is 9.90. The fourth-order valence-electron chi connectivity index (χ4n) is 4.11. The molecule has 5 rings (SSSR count). The van der Waals surface area contributed by atoms with Crippen LogP contribution in [0, 0.1) is 5.92 Å². The Morgan fingerprint density at radius 1 is 0.800 bits per heavy atom. The first-order valence-corrected chi connectivity index (χ1v) is 9.86. The van der Waals surface area contributed by atoms with E-state index in [0.717, 1.165) is 4.90 Å². The fraction of sp³-hybridized carbons (Fsp3) is 0.130. The van der Waals surface area contributed by atoms with Gasteiger partial charge in [0.15, 0.2) is 6.10 Å². The van der Waals surface area contributed by atoms with Gasteiger partial charge in [0.25, 0.3) is 5.91 Å². The maximum Gasteiger partial charge on any atom is 0.266 e. The zero-order valence-electron chi connectivity index (χ0n) is 15.7. The smallest absolute Gasteiger partial charge is 0.266 e. The van der Waals surface area contributed by atoms with Crippen LogP contribution in [-0.4, -0.2) is 23.0 Å². The second-order valence-corrected chi connectivity index (χ2v) is 7.64. The number of para-hydroxylation sites is 2. The first-order valence-electron chi connectivity index (χ1n) is 9.48. The number of hydrogen-bond acceptors (Lipinski definition) is 5. The van der Waals surface area contributed by atoms with Crippen LogP contribution >= 0.6 is 11.6 Å². The number of benzene rings is 3. The van der Waals surface area contributed by atoms with E-state index in [-0.39, 0.29) is 11.7 Å². The van der Waals surface area contributed by atoms with Gasteiger partial charge in [0.2, 0.25) is 5.91 Å². The van der Waals surface area contributed by atoms with Crippen LogP contribution < -0.4 is 9.96 Å². The summed E-state index contributed by atoms with van der Waals surface area (Å²) in [6.45, 7) is 0. The summed E-state index contributed by atoms with van der Waals surface area (Å²) in [7, 11) is 0. The number of halogens is 1. The number of aromatic hydroxyl groups is 1. The SMILES string of the molecule is O=C1[C@H]2[C@@H](c3ccccc3O)N(c3ccccc3)O[C@H]2C(=O)N1c1ccc(Cl)cc1. The van der Waals surface area contributed by atoms with Gasteiger partial charge in [-0.05, 0) is 42.5 Å². The van der Waals surface area contributed by atoms with Crippen molar-refractivity contribution < 1.29 is 19.5 Å². The number of imide groups is 1. The highest BCUT2D eigenvalue weighted by Gasteiger charge is 2.60. The molecule has 0 radical (unpaired) electrons. The predicted molar refractivity (Wildman–Crippen MR) is 112 cm³/mol. The zero-order valence-corrected chi connectivity index (χ0v) is 16.4. The predicted octanol–water partition coefficient (Wildman–Crippen LogP) is 4.10. The molecule has 0 aliphatic carbocycles. The third kappa shape index (κ3) is 2.84. The number of fused-ring (bicyclic) bond motifs is 1. The van der Waals surface area contributed by atoms with Crippen LogP contribution in [0.25, 0.3) is 0 Å². The van der Waals surface area contributed by atoms with Crippen LogP contribution in [0.1, 0.15) is 11.6 Å². The van der Waals surface area contributed by atoms with E-state index >= 15 is 0 Å². The van der Waals surface area contributed by atoms with Gasteiger partial charge in [0, 0.05) is 10.6 Å². The molecule has 2 heterocycles. The number of amides is 2. The Morgan fingerprint density at radius 3 is 2.17 bits per heavy atom. The van der Waals surface area contributed by atoms with Crippen LogP contribution in [0.5, 0.6) is 5.75 Å².